The molecule has 0 unspecified atom stereocenters. The number of H-pyrrole nitrogens is 2. The molecule has 2 heterocycles. The molecule has 0 aliphatic rings. The Balaban J connectivity index is 2.53. The van der Waals surface area contributed by atoms with Gasteiger partial charge in [0.1, 0.15) is 5.75 Å². The molecule has 0 saturated carbocycles. The fourth-order valence-electron chi connectivity index (χ4n) is 1.07. The second-order valence-electron chi connectivity index (χ2n) is 2.34. The molecule has 2 aromatic heterocycles. The average Bonchev–Trinajstić information content (AvgIpc) is 2.55. The second-order valence-corrected chi connectivity index (χ2v) is 2.34. The van der Waals surface area contributed by atoms with E-state index < -0.39 is 0 Å². The lowest BCUT2D eigenvalue weighted by molar-refractivity contribution is 0.478. The van der Waals surface area contributed by atoms with Crippen LogP contribution in [-0.4, -0.2) is 15.1 Å². The van der Waals surface area contributed by atoms with E-state index in [1.54, 1.807) is 12.4 Å². The molecule has 0 spiro atoms. The van der Waals surface area contributed by atoms with Gasteiger partial charge in [0.15, 0.2) is 0 Å². The Morgan fingerprint density at radius 3 is 2.73 bits per heavy atom. The van der Waals surface area contributed by atoms with E-state index in [9.17, 15) is 5.11 Å². The van der Waals surface area contributed by atoms with E-state index in [0.717, 1.165) is 11.3 Å². The normalized spacial score (nSPS) is 10.2. The number of aromatic nitrogens is 2. The molecule has 2 aromatic rings. The summed E-state index contributed by atoms with van der Waals surface area (Å²) in [5, 5.41) is 9.27. The van der Waals surface area contributed by atoms with Crippen LogP contribution in [0.2, 0.25) is 0 Å². The first-order valence-electron chi connectivity index (χ1n) is 3.37. The first-order valence-corrected chi connectivity index (χ1v) is 3.37. The smallest absolute Gasteiger partial charge is 0.142 e. The fraction of sp³-hybridized carbons (Fsp3) is 0. The van der Waals surface area contributed by atoms with Gasteiger partial charge in [0.05, 0.1) is 11.3 Å². The van der Waals surface area contributed by atoms with E-state index in [2.05, 4.69) is 9.97 Å². The standard InChI is InChI=1S/C8H8N2O/c11-8-5-9-4-6(8)7-2-1-3-10-7/h1-5,9-11H. The van der Waals surface area contributed by atoms with Crippen molar-refractivity contribution < 1.29 is 5.11 Å². The number of aromatic hydroxyl groups is 1. The van der Waals surface area contributed by atoms with Gasteiger partial charge in [0.2, 0.25) is 0 Å². The summed E-state index contributed by atoms with van der Waals surface area (Å²) in [6, 6.07) is 3.80. The highest BCUT2D eigenvalue weighted by Crippen LogP contribution is 2.26. The maximum Gasteiger partial charge on any atom is 0.142 e. The van der Waals surface area contributed by atoms with Crippen molar-refractivity contribution in [2.75, 3.05) is 0 Å². The first kappa shape index (κ1) is 6.09. The summed E-state index contributed by atoms with van der Waals surface area (Å²) in [6.07, 6.45) is 5.12. The molecular formula is C8H8N2O. The Morgan fingerprint density at radius 2 is 2.18 bits per heavy atom. The summed E-state index contributed by atoms with van der Waals surface area (Å²) in [5.74, 6) is 0.271. The second kappa shape index (κ2) is 2.20. The van der Waals surface area contributed by atoms with E-state index in [1.165, 1.54) is 0 Å². The molecule has 3 nitrogen and oxygen atoms in total. The zero-order chi connectivity index (χ0) is 7.68. The van der Waals surface area contributed by atoms with E-state index in [0.29, 0.717) is 0 Å². The fourth-order valence-corrected chi connectivity index (χ4v) is 1.07. The molecule has 0 atom stereocenters. The Bertz CT molecular complexity index is 335. The van der Waals surface area contributed by atoms with E-state index in [1.807, 2.05) is 18.3 Å². The highest BCUT2D eigenvalue weighted by atomic mass is 16.3. The Kier molecular flexibility index (Phi) is 1.22. The van der Waals surface area contributed by atoms with Gasteiger partial charge < -0.3 is 15.1 Å². The summed E-state index contributed by atoms with van der Waals surface area (Å²) in [6.45, 7) is 0. The largest absolute Gasteiger partial charge is 0.506 e. The Morgan fingerprint density at radius 1 is 1.27 bits per heavy atom. The van der Waals surface area contributed by atoms with Crippen molar-refractivity contribution >= 4 is 0 Å². The predicted octanol–water partition coefficient (Wildman–Crippen LogP) is 1.72. The third-order valence-electron chi connectivity index (χ3n) is 1.61. The number of hydrogen-bond donors (Lipinski definition) is 3. The molecule has 2 rings (SSSR count). The van der Waals surface area contributed by atoms with Crippen molar-refractivity contribution in [2.24, 2.45) is 0 Å². The molecule has 0 aromatic carbocycles. The maximum absolute atomic E-state index is 9.27. The van der Waals surface area contributed by atoms with Crippen molar-refractivity contribution in [3.05, 3.63) is 30.7 Å². The van der Waals surface area contributed by atoms with Crippen LogP contribution in [0.25, 0.3) is 11.3 Å². The van der Waals surface area contributed by atoms with Crippen LogP contribution >= 0.6 is 0 Å². The third kappa shape index (κ3) is 0.902. The van der Waals surface area contributed by atoms with Gasteiger partial charge >= 0.3 is 0 Å². The molecule has 0 saturated heterocycles. The van der Waals surface area contributed by atoms with E-state index >= 15 is 0 Å². The number of rotatable bonds is 1. The van der Waals surface area contributed by atoms with Crippen LogP contribution in [0.1, 0.15) is 0 Å². The minimum absolute atomic E-state index is 0.271. The SMILES string of the molecule is Oc1c[nH]cc1-c1ccc[nH]1. The van der Waals surface area contributed by atoms with Gasteiger partial charge in [-0.3, -0.25) is 0 Å². The van der Waals surface area contributed by atoms with Crippen LogP contribution in [0, 0.1) is 0 Å². The maximum atomic E-state index is 9.27. The minimum atomic E-state index is 0.271. The highest BCUT2D eigenvalue weighted by molar-refractivity contribution is 5.65. The van der Waals surface area contributed by atoms with Gasteiger partial charge in [-0.15, -0.1) is 0 Å². The van der Waals surface area contributed by atoms with E-state index in [-0.39, 0.29) is 5.75 Å². The summed E-state index contributed by atoms with van der Waals surface area (Å²) in [5.41, 5.74) is 1.72. The lowest BCUT2D eigenvalue weighted by Gasteiger charge is -1.91. The molecule has 0 amide bonds. The molecule has 0 fully saturated rings. The molecule has 0 bridgehead atoms. The van der Waals surface area contributed by atoms with Crippen molar-refractivity contribution in [2.45, 2.75) is 0 Å². The average molecular weight is 148 g/mol. The molecule has 0 aliphatic carbocycles. The summed E-state index contributed by atoms with van der Waals surface area (Å²) in [4.78, 5) is 5.82. The van der Waals surface area contributed by atoms with Crippen LogP contribution in [0.3, 0.4) is 0 Å². The van der Waals surface area contributed by atoms with Crippen molar-refractivity contribution in [3.8, 4) is 17.0 Å². The first-order chi connectivity index (χ1) is 5.38. The van der Waals surface area contributed by atoms with Gasteiger partial charge in [0, 0.05) is 18.6 Å². The Labute approximate surface area is 63.7 Å². The van der Waals surface area contributed by atoms with Gasteiger partial charge in [-0.1, -0.05) is 0 Å². The zero-order valence-corrected chi connectivity index (χ0v) is 5.83. The Hall–Kier alpha value is -1.64. The summed E-state index contributed by atoms with van der Waals surface area (Å²) < 4.78 is 0. The lowest BCUT2D eigenvalue weighted by atomic mass is 10.2. The molecular weight excluding hydrogens is 140 g/mol. The summed E-state index contributed by atoms with van der Waals surface area (Å²) >= 11 is 0. The van der Waals surface area contributed by atoms with E-state index in [4.69, 9.17) is 0 Å². The number of aromatic amines is 2. The van der Waals surface area contributed by atoms with Gasteiger partial charge in [-0.25, -0.2) is 0 Å². The molecule has 3 N–H and O–H groups in total. The lowest BCUT2D eigenvalue weighted by Crippen LogP contribution is -1.71. The zero-order valence-electron chi connectivity index (χ0n) is 5.83. The monoisotopic (exact) mass is 148 g/mol. The molecule has 3 heteroatoms. The summed E-state index contributed by atoms with van der Waals surface area (Å²) in [7, 11) is 0. The van der Waals surface area contributed by atoms with Crippen LogP contribution in [0.4, 0.5) is 0 Å². The van der Waals surface area contributed by atoms with Crippen LogP contribution in [0.15, 0.2) is 30.7 Å². The van der Waals surface area contributed by atoms with Gasteiger partial charge in [-0.05, 0) is 12.1 Å². The molecule has 0 radical (unpaired) electrons. The quantitative estimate of drug-likeness (QED) is 0.566. The van der Waals surface area contributed by atoms with Crippen LogP contribution < -0.4 is 0 Å². The number of hydrogen-bond acceptors (Lipinski definition) is 1. The number of nitrogens with one attached hydrogen (secondary N) is 2. The topological polar surface area (TPSA) is 51.8 Å². The van der Waals surface area contributed by atoms with Crippen molar-refractivity contribution in [1.82, 2.24) is 9.97 Å². The van der Waals surface area contributed by atoms with Gasteiger partial charge in [-0.2, -0.15) is 0 Å². The van der Waals surface area contributed by atoms with Gasteiger partial charge in [0.25, 0.3) is 0 Å². The molecule has 56 valence electrons. The van der Waals surface area contributed by atoms with Crippen LogP contribution in [0.5, 0.6) is 5.75 Å². The van der Waals surface area contributed by atoms with Crippen LogP contribution in [-0.2, 0) is 0 Å². The minimum Gasteiger partial charge on any atom is -0.506 e. The third-order valence-corrected chi connectivity index (χ3v) is 1.61. The van der Waals surface area contributed by atoms with Crippen molar-refractivity contribution in [3.63, 3.8) is 0 Å². The molecule has 11 heavy (non-hydrogen) atoms. The molecule has 0 aliphatic heterocycles. The highest BCUT2D eigenvalue weighted by Gasteiger charge is 2.03. The predicted molar refractivity (Wildman–Crippen MR) is 42.2 cm³/mol. The van der Waals surface area contributed by atoms with Crippen molar-refractivity contribution in [1.29, 1.82) is 0 Å².